The summed E-state index contributed by atoms with van der Waals surface area (Å²) in [6.45, 7) is 7.11. The molecule has 2 unspecified atom stereocenters. The molecule has 0 bridgehead atoms. The third kappa shape index (κ3) is 11.2. The Balaban J connectivity index is 0.00000625. The van der Waals surface area contributed by atoms with Crippen molar-refractivity contribution in [3.05, 3.63) is 0 Å². The first-order valence-electron chi connectivity index (χ1n) is 9.90. The first-order valence-corrected chi connectivity index (χ1v) is 9.90. The van der Waals surface area contributed by atoms with Crippen molar-refractivity contribution in [3.63, 3.8) is 0 Å². The highest BCUT2D eigenvalue weighted by molar-refractivity contribution is 14.0. The van der Waals surface area contributed by atoms with E-state index in [2.05, 4.69) is 29.5 Å². The van der Waals surface area contributed by atoms with Crippen LogP contribution >= 0.6 is 24.0 Å². The molecule has 0 aromatic carbocycles. The largest absolute Gasteiger partial charge is 0.376 e. The molecule has 154 valence electrons. The minimum atomic E-state index is 0. The number of nitrogens with zero attached hydrogens (tertiary/aromatic N) is 2. The van der Waals surface area contributed by atoms with Crippen LogP contribution in [0.5, 0.6) is 0 Å². The number of hydrogen-bond donors (Lipinski definition) is 2. The molecular formula is C19H39IN4O2. The number of ether oxygens (including phenoxy) is 1. The highest BCUT2D eigenvalue weighted by atomic mass is 127. The summed E-state index contributed by atoms with van der Waals surface area (Å²) < 4.78 is 5.77. The first kappa shape index (κ1) is 25.4. The number of aliphatic imine (C=N–C) groups is 1. The van der Waals surface area contributed by atoms with Gasteiger partial charge in [-0.2, -0.15) is 0 Å². The van der Waals surface area contributed by atoms with Crippen molar-refractivity contribution >= 4 is 35.8 Å². The summed E-state index contributed by atoms with van der Waals surface area (Å²) in [6.07, 6.45) is 8.58. The second-order valence-electron chi connectivity index (χ2n) is 7.12. The zero-order valence-electron chi connectivity index (χ0n) is 17.1. The van der Waals surface area contributed by atoms with Gasteiger partial charge in [-0.25, -0.2) is 4.99 Å². The first-order chi connectivity index (χ1) is 12.1. The fourth-order valence-corrected chi connectivity index (χ4v) is 2.83. The molecule has 0 radical (unpaired) electrons. The topological polar surface area (TPSA) is 66.0 Å². The predicted octanol–water partition coefficient (Wildman–Crippen LogP) is 3.01. The number of hydrogen-bond acceptors (Lipinski definition) is 3. The standard InChI is InChI=1S/C19H38N4O2.HI/c1-5-7-10-16(6-2)13-20-19(22-15-18(24)23(3)4)21-14-17-11-8-9-12-25-17;/h16-17H,5-15H2,1-4H3,(H2,20,21,22);1H. The Kier molecular flexibility index (Phi) is 15.1. The number of halogens is 1. The van der Waals surface area contributed by atoms with Crippen LogP contribution in [-0.2, 0) is 9.53 Å². The van der Waals surface area contributed by atoms with Gasteiger partial charge >= 0.3 is 0 Å². The van der Waals surface area contributed by atoms with Crippen molar-refractivity contribution in [2.75, 3.05) is 40.3 Å². The highest BCUT2D eigenvalue weighted by Crippen LogP contribution is 2.12. The number of rotatable bonds is 10. The fraction of sp³-hybridized carbons (Fsp3) is 0.895. The van der Waals surface area contributed by atoms with Crippen molar-refractivity contribution in [3.8, 4) is 0 Å². The van der Waals surface area contributed by atoms with Gasteiger partial charge in [-0.05, 0) is 31.6 Å². The molecule has 0 aromatic rings. The quantitative estimate of drug-likeness (QED) is 0.286. The van der Waals surface area contributed by atoms with Crippen molar-refractivity contribution in [1.82, 2.24) is 15.5 Å². The van der Waals surface area contributed by atoms with E-state index >= 15 is 0 Å². The van der Waals surface area contributed by atoms with E-state index in [1.54, 1.807) is 19.0 Å². The molecule has 26 heavy (non-hydrogen) atoms. The molecule has 2 N–H and O–H groups in total. The van der Waals surface area contributed by atoms with Gasteiger partial charge in [-0.1, -0.05) is 33.1 Å². The predicted molar refractivity (Wildman–Crippen MR) is 119 cm³/mol. The van der Waals surface area contributed by atoms with E-state index < -0.39 is 0 Å². The molecule has 0 aliphatic carbocycles. The fourth-order valence-electron chi connectivity index (χ4n) is 2.83. The highest BCUT2D eigenvalue weighted by Gasteiger charge is 2.15. The lowest BCUT2D eigenvalue weighted by Crippen LogP contribution is -2.44. The molecule has 1 aliphatic rings. The number of likely N-dealkylation sites (N-methyl/N-ethyl adjacent to an activating group) is 1. The molecule has 1 heterocycles. The molecule has 1 aliphatic heterocycles. The van der Waals surface area contributed by atoms with Crippen LogP contribution < -0.4 is 10.6 Å². The van der Waals surface area contributed by atoms with Gasteiger partial charge in [0.05, 0.1) is 6.10 Å². The normalized spacial score (nSPS) is 18.6. The molecular weight excluding hydrogens is 443 g/mol. The molecule has 6 nitrogen and oxygen atoms in total. The minimum absolute atomic E-state index is 0. The van der Waals surface area contributed by atoms with Crippen molar-refractivity contribution in [1.29, 1.82) is 0 Å². The SMILES string of the molecule is CCCCC(CC)CNC(=NCC(=O)N(C)C)NCC1CCCCO1.I. The molecule has 1 fully saturated rings. The Bertz CT molecular complexity index is 399. The average Bonchev–Trinajstić information content (AvgIpc) is 2.63. The van der Waals surface area contributed by atoms with Crippen molar-refractivity contribution < 1.29 is 9.53 Å². The van der Waals surface area contributed by atoms with Gasteiger partial charge in [0.25, 0.3) is 0 Å². The van der Waals surface area contributed by atoms with Crippen molar-refractivity contribution in [2.45, 2.75) is 64.9 Å². The van der Waals surface area contributed by atoms with E-state index in [-0.39, 0.29) is 42.5 Å². The van der Waals surface area contributed by atoms with Gasteiger partial charge < -0.3 is 20.3 Å². The molecule has 1 amide bonds. The van der Waals surface area contributed by atoms with Crippen LogP contribution in [0, 0.1) is 5.92 Å². The molecule has 1 rings (SSSR count). The third-order valence-electron chi connectivity index (χ3n) is 4.74. The number of nitrogens with one attached hydrogen (secondary N) is 2. The molecule has 7 heteroatoms. The van der Waals surface area contributed by atoms with Crippen LogP contribution in [0.1, 0.15) is 58.8 Å². The van der Waals surface area contributed by atoms with Gasteiger partial charge in [-0.15, -0.1) is 24.0 Å². The number of carbonyl (C=O) groups is 1. The number of amides is 1. The van der Waals surface area contributed by atoms with Crippen LogP contribution in [-0.4, -0.2) is 63.2 Å². The Morgan fingerprint density at radius 3 is 2.62 bits per heavy atom. The maximum atomic E-state index is 11.8. The molecule has 2 atom stereocenters. The summed E-state index contributed by atoms with van der Waals surface area (Å²) in [5, 5.41) is 6.79. The molecule has 0 spiro atoms. The van der Waals surface area contributed by atoms with E-state index in [0.29, 0.717) is 5.92 Å². The Morgan fingerprint density at radius 2 is 2.04 bits per heavy atom. The van der Waals surface area contributed by atoms with Crippen LogP contribution in [0.3, 0.4) is 0 Å². The number of unbranched alkanes of at least 4 members (excludes halogenated alkanes) is 1. The van der Waals surface area contributed by atoms with Crippen LogP contribution in [0.2, 0.25) is 0 Å². The number of carbonyl (C=O) groups excluding carboxylic acids is 1. The van der Waals surface area contributed by atoms with Crippen LogP contribution in [0.15, 0.2) is 4.99 Å². The average molecular weight is 482 g/mol. The third-order valence-corrected chi connectivity index (χ3v) is 4.74. The summed E-state index contributed by atoms with van der Waals surface area (Å²) in [4.78, 5) is 17.9. The Hall–Kier alpha value is -0.570. The summed E-state index contributed by atoms with van der Waals surface area (Å²) in [5.74, 6) is 1.37. The zero-order valence-corrected chi connectivity index (χ0v) is 19.4. The lowest BCUT2D eigenvalue weighted by Gasteiger charge is -2.24. The Morgan fingerprint density at radius 1 is 1.27 bits per heavy atom. The van der Waals surface area contributed by atoms with E-state index in [9.17, 15) is 4.79 Å². The monoisotopic (exact) mass is 482 g/mol. The lowest BCUT2D eigenvalue weighted by atomic mass is 9.99. The summed E-state index contributed by atoms with van der Waals surface area (Å²) in [7, 11) is 3.51. The van der Waals surface area contributed by atoms with E-state index in [1.807, 2.05) is 0 Å². The maximum absolute atomic E-state index is 11.8. The number of guanidine groups is 1. The Labute approximate surface area is 176 Å². The van der Waals surface area contributed by atoms with E-state index in [1.165, 1.54) is 25.7 Å². The summed E-state index contributed by atoms with van der Waals surface area (Å²) in [6, 6.07) is 0. The minimum Gasteiger partial charge on any atom is -0.376 e. The zero-order chi connectivity index (χ0) is 18.5. The second-order valence-corrected chi connectivity index (χ2v) is 7.12. The van der Waals surface area contributed by atoms with E-state index in [4.69, 9.17) is 4.74 Å². The van der Waals surface area contributed by atoms with Crippen LogP contribution in [0.25, 0.3) is 0 Å². The van der Waals surface area contributed by atoms with Crippen molar-refractivity contribution in [2.24, 2.45) is 10.9 Å². The summed E-state index contributed by atoms with van der Waals surface area (Å²) in [5.41, 5.74) is 0. The smallest absolute Gasteiger partial charge is 0.243 e. The van der Waals surface area contributed by atoms with Gasteiger partial charge in [0.2, 0.25) is 5.91 Å². The molecule has 0 saturated carbocycles. The van der Waals surface area contributed by atoms with E-state index in [0.717, 1.165) is 44.9 Å². The molecule has 0 aromatic heterocycles. The maximum Gasteiger partial charge on any atom is 0.243 e. The van der Waals surface area contributed by atoms with Crippen LogP contribution in [0.4, 0.5) is 0 Å². The van der Waals surface area contributed by atoms with Gasteiger partial charge in [-0.3, -0.25) is 4.79 Å². The van der Waals surface area contributed by atoms with Gasteiger partial charge in [0.15, 0.2) is 5.96 Å². The van der Waals surface area contributed by atoms with Gasteiger partial charge in [0, 0.05) is 33.8 Å². The molecule has 1 saturated heterocycles. The lowest BCUT2D eigenvalue weighted by molar-refractivity contribution is -0.127. The van der Waals surface area contributed by atoms with Gasteiger partial charge in [0.1, 0.15) is 6.54 Å². The second kappa shape index (κ2) is 15.5. The summed E-state index contributed by atoms with van der Waals surface area (Å²) >= 11 is 0.